The molecule has 2 aromatic heterocycles. The summed E-state index contributed by atoms with van der Waals surface area (Å²) < 4.78 is 45.0. The molecule has 0 saturated heterocycles. The lowest BCUT2D eigenvalue weighted by Gasteiger charge is -2.23. The zero-order valence-electron chi connectivity index (χ0n) is 18.3. The standard InChI is InChI=1S/C22H18F3N7O2/c1-13(19-29-12-30-32(19)17-8-7-14(9-26)10-28-17)31-20(33)15-5-4-6-16(21(2,3)11-27)18(15)34-22(23,24)25/h4-8,10,12-13H,1-3H3,(H,31,33)/t13-/m0/s1. The number of nitrogens with zero attached hydrogens (tertiary/aromatic N) is 6. The van der Waals surface area contributed by atoms with E-state index in [-0.39, 0.29) is 11.4 Å². The van der Waals surface area contributed by atoms with Crippen LogP contribution in [-0.4, -0.2) is 32.0 Å². The summed E-state index contributed by atoms with van der Waals surface area (Å²) in [4.78, 5) is 21.2. The van der Waals surface area contributed by atoms with Gasteiger partial charge in [-0.1, -0.05) is 12.1 Å². The Labute approximate surface area is 192 Å². The van der Waals surface area contributed by atoms with Gasteiger partial charge in [-0.05, 0) is 39.0 Å². The van der Waals surface area contributed by atoms with E-state index in [2.05, 4.69) is 25.1 Å². The summed E-state index contributed by atoms with van der Waals surface area (Å²) in [6.07, 6.45) is -2.51. The summed E-state index contributed by atoms with van der Waals surface area (Å²) in [5, 5.41) is 25.0. The lowest BCUT2D eigenvalue weighted by Crippen LogP contribution is -2.31. The van der Waals surface area contributed by atoms with Crippen molar-refractivity contribution in [3.8, 4) is 23.7 Å². The number of nitrogens with one attached hydrogen (secondary N) is 1. The van der Waals surface area contributed by atoms with Gasteiger partial charge in [0.15, 0.2) is 11.6 Å². The molecule has 0 aliphatic rings. The molecular formula is C22H18F3N7O2. The van der Waals surface area contributed by atoms with Gasteiger partial charge in [0, 0.05) is 11.8 Å². The maximum Gasteiger partial charge on any atom is 0.573 e. The van der Waals surface area contributed by atoms with Crippen LogP contribution in [0.25, 0.3) is 5.82 Å². The van der Waals surface area contributed by atoms with Crippen molar-refractivity contribution in [1.82, 2.24) is 25.1 Å². The second kappa shape index (κ2) is 9.19. The molecule has 0 spiro atoms. The van der Waals surface area contributed by atoms with E-state index in [0.29, 0.717) is 11.4 Å². The number of hydrogen-bond donors (Lipinski definition) is 1. The molecule has 0 unspecified atom stereocenters. The zero-order valence-corrected chi connectivity index (χ0v) is 18.3. The summed E-state index contributed by atoms with van der Waals surface area (Å²) in [7, 11) is 0. The van der Waals surface area contributed by atoms with Crippen LogP contribution in [0, 0.1) is 22.7 Å². The number of rotatable bonds is 6. The smallest absolute Gasteiger partial charge is 0.405 e. The fourth-order valence-electron chi connectivity index (χ4n) is 3.13. The Morgan fingerprint density at radius 3 is 2.50 bits per heavy atom. The van der Waals surface area contributed by atoms with Crippen molar-refractivity contribution in [2.75, 3.05) is 0 Å². The Morgan fingerprint density at radius 2 is 1.91 bits per heavy atom. The summed E-state index contributed by atoms with van der Waals surface area (Å²) in [5.41, 5.74) is -1.50. The predicted octanol–water partition coefficient (Wildman–Crippen LogP) is 3.72. The van der Waals surface area contributed by atoms with Gasteiger partial charge in [0.1, 0.15) is 18.1 Å². The molecule has 0 aliphatic carbocycles. The van der Waals surface area contributed by atoms with Crippen LogP contribution >= 0.6 is 0 Å². The zero-order chi connectivity index (χ0) is 25.1. The topological polar surface area (TPSA) is 130 Å². The molecule has 3 aromatic rings. The van der Waals surface area contributed by atoms with Crippen LogP contribution in [0.4, 0.5) is 13.2 Å². The number of ether oxygens (including phenoxy) is 1. The average Bonchev–Trinajstić information content (AvgIpc) is 3.28. The number of benzene rings is 1. The first-order valence-electron chi connectivity index (χ1n) is 9.84. The normalized spacial score (nSPS) is 12.4. The summed E-state index contributed by atoms with van der Waals surface area (Å²) in [6.45, 7) is 4.40. The molecule has 0 saturated carbocycles. The molecule has 0 aliphatic heterocycles. The van der Waals surface area contributed by atoms with Crippen molar-refractivity contribution in [2.45, 2.75) is 38.6 Å². The number of alkyl halides is 3. The lowest BCUT2D eigenvalue weighted by atomic mass is 9.84. The van der Waals surface area contributed by atoms with E-state index in [0.717, 1.165) is 0 Å². The van der Waals surface area contributed by atoms with E-state index < -0.39 is 35.0 Å². The van der Waals surface area contributed by atoms with Crippen LogP contribution in [0.3, 0.4) is 0 Å². The Balaban J connectivity index is 1.95. The highest BCUT2D eigenvalue weighted by Gasteiger charge is 2.37. The molecule has 9 nitrogen and oxygen atoms in total. The average molecular weight is 469 g/mol. The third-order valence-electron chi connectivity index (χ3n) is 4.83. The second-order valence-corrected chi connectivity index (χ2v) is 7.71. The summed E-state index contributed by atoms with van der Waals surface area (Å²) in [5.74, 6) is -1.05. The van der Waals surface area contributed by atoms with Gasteiger partial charge in [0.25, 0.3) is 5.91 Å². The fourth-order valence-corrected chi connectivity index (χ4v) is 3.13. The third-order valence-corrected chi connectivity index (χ3v) is 4.83. The van der Waals surface area contributed by atoms with Crippen LogP contribution in [0.2, 0.25) is 0 Å². The SMILES string of the molecule is C[C@H](NC(=O)c1cccc(C(C)(C)C#N)c1OC(F)(F)F)c1ncnn1-c1ccc(C#N)cn1. The highest BCUT2D eigenvalue weighted by Crippen LogP contribution is 2.37. The van der Waals surface area contributed by atoms with Gasteiger partial charge < -0.3 is 10.1 Å². The van der Waals surface area contributed by atoms with E-state index in [1.54, 1.807) is 6.92 Å². The number of pyridine rings is 1. The van der Waals surface area contributed by atoms with Gasteiger partial charge in [-0.25, -0.2) is 9.97 Å². The lowest BCUT2D eigenvalue weighted by molar-refractivity contribution is -0.275. The first-order chi connectivity index (χ1) is 16.0. The van der Waals surface area contributed by atoms with E-state index >= 15 is 0 Å². The second-order valence-electron chi connectivity index (χ2n) is 7.71. The van der Waals surface area contributed by atoms with Crippen molar-refractivity contribution in [3.63, 3.8) is 0 Å². The van der Waals surface area contributed by atoms with E-state index in [4.69, 9.17) is 5.26 Å². The van der Waals surface area contributed by atoms with Gasteiger partial charge in [0.05, 0.1) is 28.7 Å². The highest BCUT2D eigenvalue weighted by molar-refractivity contribution is 5.97. The largest absolute Gasteiger partial charge is 0.573 e. The number of nitriles is 2. The molecule has 1 atom stereocenters. The first-order valence-corrected chi connectivity index (χ1v) is 9.84. The Bertz CT molecular complexity index is 1290. The highest BCUT2D eigenvalue weighted by atomic mass is 19.4. The van der Waals surface area contributed by atoms with Gasteiger partial charge in [-0.3, -0.25) is 4.79 Å². The minimum absolute atomic E-state index is 0.0856. The molecule has 174 valence electrons. The van der Waals surface area contributed by atoms with Crippen molar-refractivity contribution in [3.05, 3.63) is 65.4 Å². The van der Waals surface area contributed by atoms with Crippen LogP contribution in [0.1, 0.15) is 54.1 Å². The van der Waals surface area contributed by atoms with E-state index in [9.17, 15) is 23.2 Å². The Kier molecular flexibility index (Phi) is 6.54. The number of carbonyl (C=O) groups excluding carboxylic acids is 1. The molecule has 0 bridgehead atoms. The van der Waals surface area contributed by atoms with Gasteiger partial charge >= 0.3 is 6.36 Å². The summed E-state index contributed by atoms with van der Waals surface area (Å²) >= 11 is 0. The molecule has 0 fully saturated rings. The van der Waals surface area contributed by atoms with Crippen molar-refractivity contribution >= 4 is 5.91 Å². The molecule has 1 amide bonds. The Hall–Kier alpha value is -4.45. The number of hydrogen-bond acceptors (Lipinski definition) is 7. The Morgan fingerprint density at radius 1 is 1.18 bits per heavy atom. The van der Waals surface area contributed by atoms with Crippen LogP contribution < -0.4 is 10.1 Å². The maximum absolute atomic E-state index is 13.2. The van der Waals surface area contributed by atoms with Crippen LogP contribution in [0.15, 0.2) is 42.9 Å². The number of aromatic nitrogens is 4. The molecular weight excluding hydrogens is 451 g/mol. The van der Waals surface area contributed by atoms with Crippen molar-refractivity contribution in [1.29, 1.82) is 10.5 Å². The maximum atomic E-state index is 13.2. The number of para-hydroxylation sites is 1. The summed E-state index contributed by atoms with van der Waals surface area (Å²) in [6, 6.07) is 9.97. The minimum atomic E-state index is -5.08. The molecule has 2 heterocycles. The fraction of sp³-hybridized carbons (Fsp3) is 0.273. The minimum Gasteiger partial charge on any atom is -0.405 e. The number of halogens is 3. The van der Waals surface area contributed by atoms with Crippen LogP contribution in [-0.2, 0) is 5.41 Å². The van der Waals surface area contributed by atoms with Crippen molar-refractivity contribution in [2.24, 2.45) is 0 Å². The van der Waals surface area contributed by atoms with E-state index in [1.165, 1.54) is 61.4 Å². The number of carbonyl (C=O) groups is 1. The molecule has 1 aromatic carbocycles. The van der Waals surface area contributed by atoms with Gasteiger partial charge in [-0.2, -0.15) is 20.3 Å². The predicted molar refractivity (Wildman–Crippen MR) is 112 cm³/mol. The molecule has 34 heavy (non-hydrogen) atoms. The first kappa shape index (κ1) is 24.2. The van der Waals surface area contributed by atoms with Gasteiger partial charge in [-0.15, -0.1) is 13.2 Å². The van der Waals surface area contributed by atoms with Crippen LogP contribution in [0.5, 0.6) is 5.75 Å². The quantitative estimate of drug-likeness (QED) is 0.582. The third kappa shape index (κ3) is 5.13. The van der Waals surface area contributed by atoms with E-state index in [1.807, 2.05) is 12.1 Å². The number of amides is 1. The monoisotopic (exact) mass is 469 g/mol. The molecule has 12 heteroatoms. The molecule has 0 radical (unpaired) electrons. The molecule has 3 rings (SSSR count). The van der Waals surface area contributed by atoms with Crippen molar-refractivity contribution < 1.29 is 22.7 Å². The van der Waals surface area contributed by atoms with Gasteiger partial charge in [0.2, 0.25) is 0 Å². The molecule has 1 N–H and O–H groups in total.